The maximum absolute atomic E-state index is 11.8. The minimum atomic E-state index is -1.35. The minimum Gasteiger partial charge on any atom is -0.508 e. The van der Waals surface area contributed by atoms with E-state index in [0.29, 0.717) is 11.8 Å². The first-order valence-corrected chi connectivity index (χ1v) is 6.35. The van der Waals surface area contributed by atoms with Crippen LogP contribution in [0.2, 0.25) is 0 Å². The number of aromatic hydroxyl groups is 1. The quantitative estimate of drug-likeness (QED) is 0.834. The molecule has 20 heavy (non-hydrogen) atoms. The molecule has 0 saturated heterocycles. The second kappa shape index (κ2) is 5.53. The molecule has 1 amide bonds. The van der Waals surface area contributed by atoms with E-state index in [4.69, 9.17) is 4.74 Å². The van der Waals surface area contributed by atoms with Crippen LogP contribution >= 0.6 is 0 Å². The molecule has 1 unspecified atom stereocenters. The van der Waals surface area contributed by atoms with Gasteiger partial charge in [-0.1, -0.05) is 12.1 Å². The Morgan fingerprint density at radius 3 is 2.35 bits per heavy atom. The highest BCUT2D eigenvalue weighted by Crippen LogP contribution is 2.29. The number of amides is 1. The summed E-state index contributed by atoms with van der Waals surface area (Å²) in [6.07, 6.45) is -0.145. The van der Waals surface area contributed by atoms with Gasteiger partial charge in [0.1, 0.15) is 23.2 Å². The average molecular weight is 279 g/mol. The molecule has 0 bridgehead atoms. The Bertz CT molecular complexity index is 519. The fourth-order valence-corrected chi connectivity index (χ4v) is 1.76. The molecule has 0 fully saturated rings. The zero-order valence-corrected chi connectivity index (χ0v) is 12.5. The molecule has 110 valence electrons. The summed E-state index contributed by atoms with van der Waals surface area (Å²) in [5.74, 6) is -0.0457. The molecule has 5 heteroatoms. The van der Waals surface area contributed by atoms with E-state index in [1.54, 1.807) is 32.9 Å². The fraction of sp³-hybridized carbons (Fsp3) is 0.467. The lowest BCUT2D eigenvalue weighted by Crippen LogP contribution is -2.47. The van der Waals surface area contributed by atoms with E-state index >= 15 is 0 Å². The largest absolute Gasteiger partial charge is 0.508 e. The van der Waals surface area contributed by atoms with E-state index < -0.39 is 17.2 Å². The number of nitrogens with one attached hydrogen (secondary N) is 1. The molecule has 1 atom stereocenters. The van der Waals surface area contributed by atoms with Gasteiger partial charge in [0.15, 0.2) is 0 Å². The summed E-state index contributed by atoms with van der Waals surface area (Å²) in [6.45, 7) is 8.52. The van der Waals surface area contributed by atoms with Gasteiger partial charge in [0.05, 0.1) is 0 Å². The Morgan fingerprint density at radius 1 is 1.30 bits per heavy atom. The zero-order valence-electron chi connectivity index (χ0n) is 12.5. The second-order valence-corrected chi connectivity index (χ2v) is 5.97. The summed E-state index contributed by atoms with van der Waals surface area (Å²) >= 11 is 0. The van der Waals surface area contributed by atoms with Crippen LogP contribution in [-0.4, -0.2) is 23.1 Å². The maximum Gasteiger partial charge on any atom is 0.408 e. The molecular formula is C15H21NO4. The fourth-order valence-electron chi connectivity index (χ4n) is 1.76. The smallest absolute Gasteiger partial charge is 0.408 e. The number of carbonyl (C=O) groups is 2. The standard InChI is InChI=1S/C15H21NO4/c1-10-6-7-11(12(18)8-10)15(5,9-17)16-13(19)20-14(2,3)4/h6-9,18H,1-5H3,(H,16,19). The monoisotopic (exact) mass is 279 g/mol. The third-order valence-electron chi connectivity index (χ3n) is 2.71. The van der Waals surface area contributed by atoms with E-state index in [1.165, 1.54) is 13.0 Å². The molecule has 0 aliphatic carbocycles. The van der Waals surface area contributed by atoms with Crippen molar-refractivity contribution in [3.63, 3.8) is 0 Å². The van der Waals surface area contributed by atoms with Gasteiger partial charge in [0, 0.05) is 5.56 Å². The first-order chi connectivity index (χ1) is 9.07. The first-order valence-electron chi connectivity index (χ1n) is 6.35. The molecule has 5 nitrogen and oxygen atoms in total. The molecule has 1 aromatic rings. The van der Waals surface area contributed by atoms with Crippen molar-refractivity contribution >= 4 is 12.4 Å². The molecule has 2 N–H and O–H groups in total. The van der Waals surface area contributed by atoms with Crippen LogP contribution in [0.3, 0.4) is 0 Å². The van der Waals surface area contributed by atoms with E-state index in [0.717, 1.165) is 5.56 Å². The number of hydrogen-bond acceptors (Lipinski definition) is 4. The number of benzene rings is 1. The lowest BCUT2D eigenvalue weighted by molar-refractivity contribution is -0.113. The van der Waals surface area contributed by atoms with Crippen molar-refractivity contribution in [3.8, 4) is 5.75 Å². The lowest BCUT2D eigenvalue weighted by Gasteiger charge is -2.28. The maximum atomic E-state index is 11.8. The van der Waals surface area contributed by atoms with Gasteiger partial charge in [-0.3, -0.25) is 0 Å². The van der Waals surface area contributed by atoms with Crippen LogP contribution in [0.4, 0.5) is 4.79 Å². The van der Waals surface area contributed by atoms with Gasteiger partial charge in [0.2, 0.25) is 0 Å². The van der Waals surface area contributed by atoms with Gasteiger partial charge < -0.3 is 20.0 Å². The van der Waals surface area contributed by atoms with Crippen molar-refractivity contribution in [3.05, 3.63) is 29.3 Å². The summed E-state index contributed by atoms with van der Waals surface area (Å²) in [6, 6.07) is 4.90. The van der Waals surface area contributed by atoms with E-state index in [-0.39, 0.29) is 5.75 Å². The number of ether oxygens (including phenoxy) is 1. The van der Waals surface area contributed by atoms with E-state index in [2.05, 4.69) is 5.32 Å². The van der Waals surface area contributed by atoms with Crippen LogP contribution in [-0.2, 0) is 15.1 Å². The molecule has 0 radical (unpaired) electrons. The number of phenolic OH excluding ortho intramolecular Hbond substituents is 1. The first kappa shape index (κ1) is 16.0. The number of aldehydes is 1. The summed E-state index contributed by atoms with van der Waals surface area (Å²) in [4.78, 5) is 23.2. The Hall–Kier alpha value is -2.04. The highest BCUT2D eigenvalue weighted by atomic mass is 16.6. The number of carbonyl (C=O) groups excluding carboxylic acids is 2. The molecule has 0 aliphatic rings. The van der Waals surface area contributed by atoms with Crippen LogP contribution in [0.15, 0.2) is 18.2 Å². The van der Waals surface area contributed by atoms with Gasteiger partial charge >= 0.3 is 6.09 Å². The van der Waals surface area contributed by atoms with Crippen LogP contribution < -0.4 is 5.32 Å². The Balaban J connectivity index is 3.03. The number of aryl methyl sites for hydroxylation is 1. The van der Waals surface area contributed by atoms with Crippen molar-refractivity contribution in [2.45, 2.75) is 45.8 Å². The predicted octanol–water partition coefficient (Wildman–Crippen LogP) is 2.64. The highest BCUT2D eigenvalue weighted by Gasteiger charge is 2.32. The van der Waals surface area contributed by atoms with Crippen molar-refractivity contribution in [1.29, 1.82) is 0 Å². The molecule has 0 aliphatic heterocycles. The third kappa shape index (κ3) is 3.98. The van der Waals surface area contributed by atoms with E-state index in [1.807, 2.05) is 6.92 Å². The molecule has 0 heterocycles. The molecule has 0 saturated carbocycles. The number of hydrogen-bond donors (Lipinski definition) is 2. The van der Waals surface area contributed by atoms with Gasteiger partial charge in [-0.15, -0.1) is 0 Å². The van der Waals surface area contributed by atoms with Crippen molar-refractivity contribution in [1.82, 2.24) is 5.32 Å². The molecule has 1 rings (SSSR count). The molecule has 0 spiro atoms. The van der Waals surface area contributed by atoms with Gasteiger partial charge in [0.25, 0.3) is 0 Å². The lowest BCUT2D eigenvalue weighted by atomic mass is 9.92. The number of rotatable bonds is 3. The van der Waals surface area contributed by atoms with Crippen LogP contribution in [0.1, 0.15) is 38.8 Å². The normalized spacial score (nSPS) is 14.2. The van der Waals surface area contributed by atoms with Crippen molar-refractivity contribution in [2.24, 2.45) is 0 Å². The summed E-state index contributed by atoms with van der Waals surface area (Å²) in [5, 5.41) is 12.4. The highest BCUT2D eigenvalue weighted by molar-refractivity contribution is 5.78. The molecule has 0 aromatic heterocycles. The van der Waals surface area contributed by atoms with Crippen molar-refractivity contribution < 1.29 is 19.4 Å². The van der Waals surface area contributed by atoms with Crippen LogP contribution in [0, 0.1) is 6.92 Å². The summed E-state index contributed by atoms with van der Waals surface area (Å²) < 4.78 is 5.13. The third-order valence-corrected chi connectivity index (χ3v) is 2.71. The van der Waals surface area contributed by atoms with Crippen LogP contribution in [0.25, 0.3) is 0 Å². The number of alkyl carbamates (subject to hydrolysis) is 1. The van der Waals surface area contributed by atoms with Crippen molar-refractivity contribution in [2.75, 3.05) is 0 Å². The average Bonchev–Trinajstić information content (AvgIpc) is 2.25. The molecule has 1 aromatic carbocycles. The Morgan fingerprint density at radius 2 is 1.90 bits per heavy atom. The Kier molecular flexibility index (Phi) is 4.43. The minimum absolute atomic E-state index is 0.0457. The second-order valence-electron chi connectivity index (χ2n) is 5.97. The topological polar surface area (TPSA) is 75.6 Å². The predicted molar refractivity (Wildman–Crippen MR) is 75.6 cm³/mol. The van der Waals surface area contributed by atoms with Gasteiger partial charge in [-0.25, -0.2) is 4.79 Å². The Labute approximate surface area is 118 Å². The number of phenols is 1. The van der Waals surface area contributed by atoms with Gasteiger partial charge in [-0.2, -0.15) is 0 Å². The SMILES string of the molecule is Cc1ccc(C(C)(C=O)NC(=O)OC(C)(C)C)c(O)c1. The van der Waals surface area contributed by atoms with E-state index in [9.17, 15) is 14.7 Å². The zero-order chi connectivity index (χ0) is 15.6. The molecular weight excluding hydrogens is 258 g/mol. The summed E-state index contributed by atoms with van der Waals surface area (Å²) in [5.41, 5.74) is -0.829. The van der Waals surface area contributed by atoms with Gasteiger partial charge in [-0.05, 0) is 46.2 Å². The van der Waals surface area contributed by atoms with Crippen LogP contribution in [0.5, 0.6) is 5.75 Å². The summed E-state index contributed by atoms with van der Waals surface area (Å²) in [7, 11) is 0.